The average molecular weight is 282 g/mol. The Labute approximate surface area is 126 Å². The number of nitrogens with one attached hydrogen (secondary N) is 2. The van der Waals surface area contributed by atoms with Crippen molar-refractivity contribution in [1.82, 2.24) is 9.97 Å². The minimum atomic E-state index is 0.565. The quantitative estimate of drug-likeness (QED) is 0.875. The van der Waals surface area contributed by atoms with Crippen molar-refractivity contribution >= 4 is 11.8 Å². The van der Waals surface area contributed by atoms with Crippen molar-refractivity contribution in [3.63, 3.8) is 0 Å². The number of hydrogen-bond acceptors (Lipinski definition) is 4. The van der Waals surface area contributed by atoms with Crippen molar-refractivity contribution in [2.45, 2.75) is 44.7 Å². The topological polar surface area (TPSA) is 49.8 Å². The second-order valence-corrected chi connectivity index (χ2v) is 5.58. The lowest BCUT2D eigenvalue weighted by Crippen LogP contribution is -2.23. The van der Waals surface area contributed by atoms with Gasteiger partial charge in [0.15, 0.2) is 0 Å². The Morgan fingerprint density at radius 2 is 1.81 bits per heavy atom. The molecule has 1 saturated carbocycles. The maximum Gasteiger partial charge on any atom is 0.224 e. The van der Waals surface area contributed by atoms with Gasteiger partial charge in [-0.1, -0.05) is 49.6 Å². The van der Waals surface area contributed by atoms with Crippen molar-refractivity contribution in [1.29, 1.82) is 0 Å². The molecule has 0 spiro atoms. The Morgan fingerprint density at radius 1 is 1.00 bits per heavy atom. The predicted molar refractivity (Wildman–Crippen MR) is 86.3 cm³/mol. The molecule has 1 heterocycles. The maximum absolute atomic E-state index is 4.55. The SMILES string of the molecule is c1ccc(CNc2nccc(NC3CCCCC3)n2)cc1. The lowest BCUT2D eigenvalue weighted by atomic mass is 9.95. The molecule has 1 aliphatic rings. The third-order valence-corrected chi connectivity index (χ3v) is 3.91. The van der Waals surface area contributed by atoms with Gasteiger partial charge >= 0.3 is 0 Å². The molecule has 0 saturated heterocycles. The van der Waals surface area contributed by atoms with E-state index in [1.165, 1.54) is 37.7 Å². The highest BCUT2D eigenvalue weighted by Gasteiger charge is 2.13. The van der Waals surface area contributed by atoms with E-state index in [-0.39, 0.29) is 0 Å². The van der Waals surface area contributed by atoms with E-state index in [1.807, 2.05) is 30.5 Å². The summed E-state index contributed by atoms with van der Waals surface area (Å²) in [6.45, 7) is 0.744. The van der Waals surface area contributed by atoms with Gasteiger partial charge in [-0.3, -0.25) is 0 Å². The highest BCUT2D eigenvalue weighted by atomic mass is 15.1. The molecule has 110 valence electrons. The van der Waals surface area contributed by atoms with Crippen molar-refractivity contribution in [3.8, 4) is 0 Å². The van der Waals surface area contributed by atoms with E-state index in [4.69, 9.17) is 0 Å². The maximum atomic E-state index is 4.55. The molecule has 0 atom stereocenters. The van der Waals surface area contributed by atoms with Gasteiger partial charge in [0.05, 0.1) is 0 Å². The number of benzene rings is 1. The molecule has 2 N–H and O–H groups in total. The van der Waals surface area contributed by atoms with Crippen LogP contribution in [0.25, 0.3) is 0 Å². The van der Waals surface area contributed by atoms with E-state index in [1.54, 1.807) is 0 Å². The summed E-state index contributed by atoms with van der Waals surface area (Å²) in [5.41, 5.74) is 1.23. The molecule has 21 heavy (non-hydrogen) atoms. The third-order valence-electron chi connectivity index (χ3n) is 3.91. The molecule has 3 rings (SSSR count). The van der Waals surface area contributed by atoms with Crippen LogP contribution in [0, 0.1) is 0 Å². The van der Waals surface area contributed by atoms with Crippen molar-refractivity contribution in [2.24, 2.45) is 0 Å². The molecule has 1 aromatic heterocycles. The number of hydrogen-bond donors (Lipinski definition) is 2. The molecule has 0 amide bonds. The van der Waals surface area contributed by atoms with Crippen molar-refractivity contribution in [3.05, 3.63) is 48.2 Å². The van der Waals surface area contributed by atoms with Gasteiger partial charge in [0.1, 0.15) is 5.82 Å². The van der Waals surface area contributed by atoms with Gasteiger partial charge in [-0.05, 0) is 24.5 Å². The fraction of sp³-hybridized carbons (Fsp3) is 0.412. The van der Waals surface area contributed by atoms with E-state index in [0.717, 1.165) is 12.4 Å². The fourth-order valence-electron chi connectivity index (χ4n) is 2.76. The zero-order valence-corrected chi connectivity index (χ0v) is 12.3. The van der Waals surface area contributed by atoms with Gasteiger partial charge < -0.3 is 10.6 Å². The Kier molecular flexibility index (Phi) is 4.66. The fourth-order valence-corrected chi connectivity index (χ4v) is 2.76. The first-order valence-corrected chi connectivity index (χ1v) is 7.77. The summed E-state index contributed by atoms with van der Waals surface area (Å²) in [6.07, 6.45) is 8.31. The Morgan fingerprint density at radius 3 is 2.62 bits per heavy atom. The van der Waals surface area contributed by atoms with Gasteiger partial charge in [0.25, 0.3) is 0 Å². The first kappa shape index (κ1) is 13.9. The van der Waals surface area contributed by atoms with E-state index >= 15 is 0 Å². The molecule has 1 aliphatic carbocycles. The molecule has 4 nitrogen and oxygen atoms in total. The summed E-state index contributed by atoms with van der Waals surface area (Å²) in [7, 11) is 0. The summed E-state index contributed by atoms with van der Waals surface area (Å²) < 4.78 is 0. The molecular formula is C17H22N4. The Balaban J connectivity index is 1.57. The lowest BCUT2D eigenvalue weighted by molar-refractivity contribution is 0.462. The second-order valence-electron chi connectivity index (χ2n) is 5.58. The third kappa shape index (κ3) is 4.18. The van der Waals surface area contributed by atoms with Crippen LogP contribution in [0.5, 0.6) is 0 Å². The van der Waals surface area contributed by atoms with E-state index in [9.17, 15) is 0 Å². The molecule has 1 fully saturated rings. The number of rotatable bonds is 5. The monoisotopic (exact) mass is 282 g/mol. The van der Waals surface area contributed by atoms with Gasteiger partial charge in [0, 0.05) is 18.8 Å². The minimum absolute atomic E-state index is 0.565. The van der Waals surface area contributed by atoms with Gasteiger partial charge in [0.2, 0.25) is 5.95 Å². The van der Waals surface area contributed by atoms with Crippen LogP contribution in [-0.2, 0) is 6.54 Å². The van der Waals surface area contributed by atoms with Gasteiger partial charge in [-0.15, -0.1) is 0 Å². The smallest absolute Gasteiger partial charge is 0.224 e. The molecule has 4 heteroatoms. The summed E-state index contributed by atoms with van der Waals surface area (Å²) in [4.78, 5) is 8.83. The number of anilines is 2. The normalized spacial score (nSPS) is 15.6. The molecular weight excluding hydrogens is 260 g/mol. The second kappa shape index (κ2) is 7.07. The van der Waals surface area contributed by atoms with Crippen LogP contribution in [0.4, 0.5) is 11.8 Å². The molecule has 1 aromatic carbocycles. The highest BCUT2D eigenvalue weighted by molar-refractivity contribution is 5.40. The van der Waals surface area contributed by atoms with Gasteiger partial charge in [-0.25, -0.2) is 4.98 Å². The highest BCUT2D eigenvalue weighted by Crippen LogP contribution is 2.21. The molecule has 0 aliphatic heterocycles. The average Bonchev–Trinajstić information content (AvgIpc) is 2.55. The molecule has 2 aromatic rings. The van der Waals surface area contributed by atoms with Crippen LogP contribution < -0.4 is 10.6 Å². The van der Waals surface area contributed by atoms with Gasteiger partial charge in [-0.2, -0.15) is 4.98 Å². The Hall–Kier alpha value is -2.10. The lowest BCUT2D eigenvalue weighted by Gasteiger charge is -2.23. The minimum Gasteiger partial charge on any atom is -0.367 e. The molecule has 0 unspecified atom stereocenters. The summed E-state index contributed by atoms with van der Waals surface area (Å²) >= 11 is 0. The van der Waals surface area contributed by atoms with E-state index < -0.39 is 0 Å². The summed E-state index contributed by atoms with van der Waals surface area (Å²) in [5, 5.41) is 6.80. The zero-order valence-electron chi connectivity index (χ0n) is 12.3. The molecule has 0 radical (unpaired) electrons. The first-order chi connectivity index (χ1) is 10.4. The predicted octanol–water partition coefficient (Wildman–Crippen LogP) is 3.83. The standard InChI is InChI=1S/C17H22N4/c1-3-7-14(8-4-1)13-19-17-18-12-11-16(21-17)20-15-9-5-2-6-10-15/h1,3-4,7-8,11-12,15H,2,5-6,9-10,13H2,(H2,18,19,20,21). The van der Waals surface area contributed by atoms with Crippen LogP contribution in [0.2, 0.25) is 0 Å². The summed E-state index contributed by atoms with van der Waals surface area (Å²) in [6, 6.07) is 12.8. The van der Waals surface area contributed by atoms with Crippen LogP contribution >= 0.6 is 0 Å². The zero-order chi connectivity index (χ0) is 14.3. The Bertz CT molecular complexity index is 550. The van der Waals surface area contributed by atoms with Crippen LogP contribution in [-0.4, -0.2) is 16.0 Å². The molecule has 0 bridgehead atoms. The van der Waals surface area contributed by atoms with E-state index in [0.29, 0.717) is 12.0 Å². The van der Waals surface area contributed by atoms with Crippen molar-refractivity contribution < 1.29 is 0 Å². The van der Waals surface area contributed by atoms with Crippen LogP contribution in [0.1, 0.15) is 37.7 Å². The van der Waals surface area contributed by atoms with Crippen LogP contribution in [0.3, 0.4) is 0 Å². The van der Waals surface area contributed by atoms with Crippen molar-refractivity contribution in [2.75, 3.05) is 10.6 Å². The number of aromatic nitrogens is 2. The summed E-state index contributed by atoms with van der Waals surface area (Å²) in [5.74, 6) is 1.60. The van der Waals surface area contributed by atoms with E-state index in [2.05, 4.69) is 32.7 Å². The first-order valence-electron chi connectivity index (χ1n) is 7.77. The number of nitrogens with zero attached hydrogens (tertiary/aromatic N) is 2. The van der Waals surface area contributed by atoms with Crippen LogP contribution in [0.15, 0.2) is 42.6 Å². The largest absolute Gasteiger partial charge is 0.367 e.